The van der Waals surface area contributed by atoms with Crippen LogP contribution < -0.4 is 16.2 Å². The molecule has 0 bridgehead atoms. The van der Waals surface area contributed by atoms with Gasteiger partial charge in [-0.15, -0.1) is 11.3 Å². The third-order valence-electron chi connectivity index (χ3n) is 4.38. The molecular formula is C20H23N5O2S. The summed E-state index contributed by atoms with van der Waals surface area (Å²) in [6.07, 6.45) is 0. The number of carbonyl (C=O) groups excluding carboxylic acids is 1. The van der Waals surface area contributed by atoms with Crippen LogP contribution in [0.3, 0.4) is 0 Å². The number of benzene rings is 1. The third-order valence-corrected chi connectivity index (χ3v) is 5.47. The average Bonchev–Trinajstić information content (AvgIpc) is 2.98. The Morgan fingerprint density at radius 3 is 2.57 bits per heavy atom. The number of nitrogens with zero attached hydrogens (tertiary/aromatic N) is 3. The predicted molar refractivity (Wildman–Crippen MR) is 112 cm³/mol. The lowest BCUT2D eigenvalue weighted by atomic mass is 10.1. The molecule has 2 amide bonds. The minimum Gasteiger partial charge on any atom is -0.336 e. The molecule has 2 aromatic heterocycles. The molecule has 0 aliphatic rings. The van der Waals surface area contributed by atoms with E-state index >= 15 is 0 Å². The molecule has 0 saturated heterocycles. The fraction of sp³-hybridized carbons (Fsp3) is 0.300. The number of anilines is 1. The predicted octanol–water partition coefficient (Wildman–Crippen LogP) is 3.42. The zero-order chi connectivity index (χ0) is 20.3. The van der Waals surface area contributed by atoms with Gasteiger partial charge in [-0.05, 0) is 57.0 Å². The molecule has 0 radical (unpaired) electrons. The van der Waals surface area contributed by atoms with E-state index in [1.165, 1.54) is 16.3 Å². The minimum atomic E-state index is -0.318. The van der Waals surface area contributed by atoms with Gasteiger partial charge in [0.1, 0.15) is 5.69 Å². The first-order valence-corrected chi connectivity index (χ1v) is 9.80. The minimum absolute atomic E-state index is 0.209. The van der Waals surface area contributed by atoms with Crippen molar-refractivity contribution in [1.82, 2.24) is 20.1 Å². The summed E-state index contributed by atoms with van der Waals surface area (Å²) in [5.74, 6) is 0. The van der Waals surface area contributed by atoms with Crippen LogP contribution >= 0.6 is 11.3 Å². The van der Waals surface area contributed by atoms with Crippen molar-refractivity contribution in [1.29, 1.82) is 0 Å². The maximum absolute atomic E-state index is 12.1. The van der Waals surface area contributed by atoms with E-state index in [1.54, 1.807) is 17.4 Å². The van der Waals surface area contributed by atoms with Crippen LogP contribution in [0.5, 0.6) is 0 Å². The number of aryl methyl sites for hydroxylation is 4. The van der Waals surface area contributed by atoms with Crippen molar-refractivity contribution in [2.75, 3.05) is 11.9 Å². The maximum atomic E-state index is 12.1. The van der Waals surface area contributed by atoms with Gasteiger partial charge in [0.25, 0.3) is 5.56 Å². The summed E-state index contributed by atoms with van der Waals surface area (Å²) >= 11 is 1.55. The van der Waals surface area contributed by atoms with Crippen LogP contribution in [0.2, 0.25) is 0 Å². The highest BCUT2D eigenvalue weighted by Crippen LogP contribution is 2.27. The Bertz CT molecular complexity index is 1070. The molecule has 2 heterocycles. The van der Waals surface area contributed by atoms with Crippen LogP contribution in [0.4, 0.5) is 10.5 Å². The molecular weight excluding hydrogens is 374 g/mol. The number of carbonyl (C=O) groups is 1. The summed E-state index contributed by atoms with van der Waals surface area (Å²) in [6, 6.07) is 8.62. The molecule has 2 N–H and O–H groups in total. The summed E-state index contributed by atoms with van der Waals surface area (Å²) in [5, 5.41) is 10.9. The molecule has 28 heavy (non-hydrogen) atoms. The second-order valence-electron chi connectivity index (χ2n) is 6.61. The summed E-state index contributed by atoms with van der Waals surface area (Å²) < 4.78 is 1.36. The Hall–Kier alpha value is -3.00. The van der Waals surface area contributed by atoms with Crippen molar-refractivity contribution < 1.29 is 4.79 Å². The normalized spacial score (nSPS) is 10.7. The lowest BCUT2D eigenvalue weighted by Gasteiger charge is -2.10. The maximum Gasteiger partial charge on any atom is 0.319 e. The van der Waals surface area contributed by atoms with Gasteiger partial charge in [-0.25, -0.2) is 14.5 Å². The number of thiazole rings is 1. The standard InChI is InChI=1S/C20H23N5O2S/c1-12-5-6-16(11-13(12)2)23-20(27)21-9-10-25-18(26)8-7-17(24-25)19-14(3)22-15(4)28-19/h5-8,11H,9-10H2,1-4H3,(H2,21,23,27). The second-order valence-corrected chi connectivity index (χ2v) is 7.81. The summed E-state index contributed by atoms with van der Waals surface area (Å²) in [7, 11) is 0. The van der Waals surface area contributed by atoms with Crippen LogP contribution in [0.25, 0.3) is 10.6 Å². The SMILES string of the molecule is Cc1nc(C)c(-c2ccc(=O)n(CCNC(=O)Nc3ccc(C)c(C)c3)n2)s1. The van der Waals surface area contributed by atoms with E-state index in [2.05, 4.69) is 20.7 Å². The Labute approximate surface area is 167 Å². The molecule has 0 fully saturated rings. The van der Waals surface area contributed by atoms with Gasteiger partial charge in [0.05, 0.1) is 22.1 Å². The van der Waals surface area contributed by atoms with Crippen LogP contribution in [0.1, 0.15) is 21.8 Å². The van der Waals surface area contributed by atoms with Gasteiger partial charge in [-0.1, -0.05) is 6.07 Å². The van der Waals surface area contributed by atoms with Crippen LogP contribution in [0, 0.1) is 27.7 Å². The first kappa shape index (κ1) is 19.8. The molecule has 146 valence electrons. The van der Waals surface area contributed by atoms with Crippen LogP contribution in [-0.4, -0.2) is 27.3 Å². The van der Waals surface area contributed by atoms with E-state index in [1.807, 2.05) is 45.9 Å². The molecule has 8 heteroatoms. The van der Waals surface area contributed by atoms with Gasteiger partial charge >= 0.3 is 6.03 Å². The first-order chi connectivity index (χ1) is 13.3. The number of aromatic nitrogens is 3. The van der Waals surface area contributed by atoms with E-state index in [0.717, 1.165) is 26.8 Å². The summed E-state index contributed by atoms with van der Waals surface area (Å²) in [4.78, 5) is 29.5. The van der Waals surface area contributed by atoms with E-state index in [4.69, 9.17) is 0 Å². The van der Waals surface area contributed by atoms with Gasteiger partial charge in [-0.2, -0.15) is 5.10 Å². The molecule has 3 rings (SSSR count). The molecule has 0 unspecified atom stereocenters. The van der Waals surface area contributed by atoms with Gasteiger partial charge in [-0.3, -0.25) is 4.79 Å². The average molecular weight is 398 g/mol. The quantitative estimate of drug-likeness (QED) is 0.690. The number of urea groups is 1. The van der Waals surface area contributed by atoms with Gasteiger partial charge in [0.2, 0.25) is 0 Å². The molecule has 0 aliphatic carbocycles. The molecule has 0 spiro atoms. The zero-order valence-corrected chi connectivity index (χ0v) is 17.2. The molecule has 0 atom stereocenters. The van der Waals surface area contributed by atoms with Crippen molar-refractivity contribution in [3.63, 3.8) is 0 Å². The van der Waals surface area contributed by atoms with Crippen molar-refractivity contribution >= 4 is 23.1 Å². The van der Waals surface area contributed by atoms with Crippen molar-refractivity contribution in [2.24, 2.45) is 0 Å². The van der Waals surface area contributed by atoms with Gasteiger partial charge < -0.3 is 10.6 Å². The van der Waals surface area contributed by atoms with Crippen molar-refractivity contribution in [3.05, 3.63) is 62.5 Å². The smallest absolute Gasteiger partial charge is 0.319 e. The number of nitrogens with one attached hydrogen (secondary N) is 2. The molecule has 0 saturated carbocycles. The van der Waals surface area contributed by atoms with E-state index < -0.39 is 0 Å². The van der Waals surface area contributed by atoms with Crippen LogP contribution in [0.15, 0.2) is 35.1 Å². The number of amides is 2. The highest BCUT2D eigenvalue weighted by Gasteiger charge is 2.11. The lowest BCUT2D eigenvalue weighted by Crippen LogP contribution is -2.34. The lowest BCUT2D eigenvalue weighted by molar-refractivity contribution is 0.251. The van der Waals surface area contributed by atoms with Gasteiger partial charge in [0.15, 0.2) is 0 Å². The van der Waals surface area contributed by atoms with E-state index in [0.29, 0.717) is 5.69 Å². The highest BCUT2D eigenvalue weighted by molar-refractivity contribution is 7.15. The van der Waals surface area contributed by atoms with Gasteiger partial charge in [0, 0.05) is 18.3 Å². The first-order valence-electron chi connectivity index (χ1n) is 8.98. The largest absolute Gasteiger partial charge is 0.336 e. The Kier molecular flexibility index (Phi) is 5.89. The third kappa shape index (κ3) is 4.64. The Morgan fingerprint density at radius 2 is 1.89 bits per heavy atom. The fourth-order valence-electron chi connectivity index (χ4n) is 2.77. The number of rotatable bonds is 5. The second kappa shape index (κ2) is 8.35. The molecule has 3 aromatic rings. The van der Waals surface area contributed by atoms with Crippen molar-refractivity contribution in [2.45, 2.75) is 34.2 Å². The van der Waals surface area contributed by atoms with Crippen LogP contribution in [-0.2, 0) is 6.54 Å². The molecule has 1 aromatic carbocycles. The summed E-state index contributed by atoms with van der Waals surface area (Å²) in [6.45, 7) is 8.45. The topological polar surface area (TPSA) is 88.9 Å². The Morgan fingerprint density at radius 1 is 1.11 bits per heavy atom. The Balaban J connectivity index is 1.62. The number of hydrogen-bond donors (Lipinski definition) is 2. The van der Waals surface area contributed by atoms with Crippen molar-refractivity contribution in [3.8, 4) is 10.6 Å². The fourth-order valence-corrected chi connectivity index (χ4v) is 3.65. The zero-order valence-electron chi connectivity index (χ0n) is 16.4. The monoisotopic (exact) mass is 397 g/mol. The van der Waals surface area contributed by atoms with E-state index in [9.17, 15) is 9.59 Å². The summed E-state index contributed by atoms with van der Waals surface area (Å²) in [5.41, 5.74) is 4.41. The highest BCUT2D eigenvalue weighted by atomic mass is 32.1. The molecule has 7 nitrogen and oxygen atoms in total. The number of hydrogen-bond acceptors (Lipinski definition) is 5. The van der Waals surface area contributed by atoms with E-state index in [-0.39, 0.29) is 24.7 Å². The molecule has 0 aliphatic heterocycles.